The fourth-order valence-corrected chi connectivity index (χ4v) is 5.91. The van der Waals surface area contributed by atoms with Crippen LogP contribution in [0, 0.1) is 9.39 Å². The van der Waals surface area contributed by atoms with Crippen LogP contribution in [0.2, 0.25) is 5.02 Å². The lowest BCUT2D eigenvalue weighted by molar-refractivity contribution is -0.738. The van der Waals surface area contributed by atoms with Crippen molar-refractivity contribution >= 4 is 60.9 Å². The van der Waals surface area contributed by atoms with Crippen molar-refractivity contribution in [2.24, 2.45) is 7.05 Å². The highest BCUT2D eigenvalue weighted by Crippen LogP contribution is 2.34. The quantitative estimate of drug-likeness (QED) is 0.290. The van der Waals surface area contributed by atoms with Crippen LogP contribution in [0.1, 0.15) is 12.8 Å². The van der Waals surface area contributed by atoms with E-state index in [0.717, 1.165) is 8.54 Å². The van der Waals surface area contributed by atoms with Gasteiger partial charge in [-0.15, -0.1) is 4.52 Å². The Morgan fingerprint density at radius 3 is 2.72 bits per heavy atom. The van der Waals surface area contributed by atoms with E-state index in [-0.39, 0.29) is 21.7 Å². The van der Waals surface area contributed by atoms with Crippen LogP contribution in [0.15, 0.2) is 35.5 Å². The number of hydrogen-bond donors (Lipinski definition) is 0. The second-order valence-corrected chi connectivity index (χ2v) is 10.6. The van der Waals surface area contributed by atoms with E-state index in [2.05, 4.69) is 4.98 Å². The fraction of sp³-hybridized carbons (Fsp3) is 0.235. The molecular formula is C17H13ClFIN5O3S+. The average molecular weight is 549 g/mol. The zero-order valence-corrected chi connectivity index (χ0v) is 18.6. The van der Waals surface area contributed by atoms with Gasteiger partial charge in [0.15, 0.2) is 0 Å². The second kappa shape index (κ2) is 6.25. The van der Waals surface area contributed by atoms with E-state index in [1.807, 2.05) is 22.6 Å². The van der Waals surface area contributed by atoms with Crippen molar-refractivity contribution in [2.75, 3.05) is 0 Å². The summed E-state index contributed by atoms with van der Waals surface area (Å²) in [6, 6.07) is 4.33. The van der Waals surface area contributed by atoms with Crippen LogP contribution < -0.4 is 10.4 Å². The molecule has 1 aromatic carbocycles. The molecule has 1 saturated carbocycles. The Hall–Kier alpha value is -1.99. The summed E-state index contributed by atoms with van der Waals surface area (Å²) < 4.78 is 46.4. The molecule has 1 aliphatic rings. The maximum atomic E-state index is 14.8. The van der Waals surface area contributed by atoms with Gasteiger partial charge in [0.1, 0.15) is 28.9 Å². The molecule has 0 saturated heterocycles. The minimum atomic E-state index is -3.95. The lowest BCUT2D eigenvalue weighted by atomic mass is 10.3. The van der Waals surface area contributed by atoms with Gasteiger partial charge in [-0.2, -0.15) is 8.65 Å². The first-order valence-electron chi connectivity index (χ1n) is 8.60. The highest BCUT2D eigenvalue weighted by Gasteiger charge is 2.41. The van der Waals surface area contributed by atoms with Gasteiger partial charge in [-0.25, -0.2) is 17.6 Å². The average Bonchev–Trinajstić information content (AvgIpc) is 3.39. The lowest BCUT2D eigenvalue weighted by Crippen LogP contribution is -2.34. The number of aromatic nitrogens is 5. The number of pyridine rings is 1. The minimum Gasteiger partial charge on any atom is -0.255 e. The highest BCUT2D eigenvalue weighted by molar-refractivity contribution is 14.1. The summed E-state index contributed by atoms with van der Waals surface area (Å²) in [4.78, 5) is 17.5. The monoisotopic (exact) mass is 548 g/mol. The van der Waals surface area contributed by atoms with E-state index in [4.69, 9.17) is 11.6 Å². The van der Waals surface area contributed by atoms with Crippen molar-refractivity contribution in [3.8, 4) is 5.69 Å². The first-order valence-corrected chi connectivity index (χ1v) is 11.6. The normalized spacial score (nSPS) is 14.9. The smallest absolute Gasteiger partial charge is 0.255 e. The fourth-order valence-electron chi connectivity index (χ4n) is 3.41. The number of imidazole rings is 1. The lowest BCUT2D eigenvalue weighted by Gasteiger charge is -2.06. The standard InChI is InChI=1S/C17H13ClFIN5O3S/c1-22-8-21-16-14(18)15-13(7-23(16)22)25(29(27,28)10-3-4-10)17(26)24(15)12-5-2-9(20)6-11(12)19/h2,5-8,10H,3-4H2,1H3/q+1. The summed E-state index contributed by atoms with van der Waals surface area (Å²) >= 11 is 8.52. The summed E-state index contributed by atoms with van der Waals surface area (Å²) in [7, 11) is -2.25. The molecule has 3 heterocycles. The Balaban J connectivity index is 2.01. The van der Waals surface area contributed by atoms with Gasteiger partial charge in [0.05, 0.1) is 17.1 Å². The summed E-state index contributed by atoms with van der Waals surface area (Å²) in [5.41, 5.74) is -0.467. The van der Waals surface area contributed by atoms with Crippen molar-refractivity contribution in [1.29, 1.82) is 0 Å². The van der Waals surface area contributed by atoms with Crippen molar-refractivity contribution in [3.63, 3.8) is 0 Å². The molecule has 0 unspecified atom stereocenters. The maximum Gasteiger partial charge on any atom is 0.347 e. The molecule has 0 radical (unpaired) electrons. The molecule has 1 fully saturated rings. The Morgan fingerprint density at radius 1 is 1.34 bits per heavy atom. The molecule has 12 heteroatoms. The largest absolute Gasteiger partial charge is 0.347 e. The number of rotatable bonds is 3. The van der Waals surface area contributed by atoms with Crippen molar-refractivity contribution in [3.05, 3.63) is 55.6 Å². The van der Waals surface area contributed by atoms with Crippen molar-refractivity contribution < 1.29 is 17.5 Å². The number of aryl methyl sites for hydroxylation is 1. The van der Waals surface area contributed by atoms with Crippen LogP contribution in [-0.4, -0.2) is 31.7 Å². The second-order valence-electron chi connectivity index (χ2n) is 6.89. The van der Waals surface area contributed by atoms with Gasteiger partial charge in [-0.3, -0.25) is 4.57 Å². The topological polar surface area (TPSA) is 82.2 Å². The third-order valence-corrected chi connectivity index (χ3v) is 8.15. The van der Waals surface area contributed by atoms with Gasteiger partial charge in [0.2, 0.25) is 10.0 Å². The van der Waals surface area contributed by atoms with Gasteiger partial charge in [-0.1, -0.05) is 11.6 Å². The summed E-state index contributed by atoms with van der Waals surface area (Å²) in [6.45, 7) is 0. The molecule has 4 aromatic rings. The van der Waals surface area contributed by atoms with Crippen LogP contribution in [0.25, 0.3) is 22.4 Å². The van der Waals surface area contributed by atoms with Crippen LogP contribution >= 0.6 is 34.2 Å². The van der Waals surface area contributed by atoms with E-state index >= 15 is 0 Å². The molecule has 3 aromatic heterocycles. The zero-order valence-electron chi connectivity index (χ0n) is 14.9. The van der Waals surface area contributed by atoms with Crippen molar-refractivity contribution in [1.82, 2.24) is 18.0 Å². The highest BCUT2D eigenvalue weighted by atomic mass is 127. The van der Waals surface area contributed by atoms with Crippen molar-refractivity contribution in [2.45, 2.75) is 18.1 Å². The maximum absolute atomic E-state index is 14.8. The van der Waals surface area contributed by atoms with E-state index in [0.29, 0.717) is 22.1 Å². The van der Waals surface area contributed by atoms with E-state index < -0.39 is 26.8 Å². The molecule has 8 nitrogen and oxygen atoms in total. The number of nitrogens with zero attached hydrogens (tertiary/aromatic N) is 5. The molecule has 1 aliphatic carbocycles. The third-order valence-electron chi connectivity index (χ3n) is 4.95. The summed E-state index contributed by atoms with van der Waals surface area (Å²) in [6.07, 6.45) is 3.95. The number of benzene rings is 1. The van der Waals surface area contributed by atoms with Crippen LogP contribution in [0.5, 0.6) is 0 Å². The number of hydrogen-bond acceptors (Lipinski definition) is 4. The predicted octanol–water partition coefficient (Wildman–Crippen LogP) is 2.00. The molecule has 0 amide bonds. The Bertz CT molecular complexity index is 1500. The molecule has 0 atom stereocenters. The number of fused-ring (bicyclic) bond motifs is 2. The van der Waals surface area contributed by atoms with Crippen LogP contribution in [0.3, 0.4) is 0 Å². The molecule has 150 valence electrons. The van der Waals surface area contributed by atoms with E-state index in [1.165, 1.54) is 29.2 Å². The van der Waals surface area contributed by atoms with Gasteiger partial charge in [0, 0.05) is 3.57 Å². The Labute approximate surface area is 182 Å². The zero-order chi connectivity index (χ0) is 20.7. The molecule has 0 bridgehead atoms. The van der Waals surface area contributed by atoms with Crippen LogP contribution in [-0.2, 0) is 17.1 Å². The van der Waals surface area contributed by atoms with E-state index in [9.17, 15) is 17.6 Å². The molecule has 0 spiro atoms. The first-order chi connectivity index (χ1) is 13.7. The van der Waals surface area contributed by atoms with Gasteiger partial charge in [-0.05, 0) is 58.6 Å². The predicted molar refractivity (Wildman–Crippen MR) is 112 cm³/mol. The summed E-state index contributed by atoms with van der Waals surface area (Å²) in [5, 5.41) is -0.574. The third kappa shape index (κ3) is 2.66. The first kappa shape index (κ1) is 19.0. The Morgan fingerprint density at radius 2 is 2.07 bits per heavy atom. The molecule has 5 rings (SSSR count). The Kier molecular flexibility index (Phi) is 4.10. The van der Waals surface area contributed by atoms with Gasteiger partial charge in [0.25, 0.3) is 0 Å². The SMILES string of the molecule is C[n+]1cnc2c(Cl)c3c(cn21)n(S(=O)(=O)C1CC1)c(=O)n3-c1ccc(I)cc1F. The van der Waals surface area contributed by atoms with Crippen LogP contribution in [0.4, 0.5) is 4.39 Å². The number of halogens is 3. The van der Waals surface area contributed by atoms with E-state index in [1.54, 1.807) is 17.8 Å². The molecular weight excluding hydrogens is 536 g/mol. The summed E-state index contributed by atoms with van der Waals surface area (Å²) in [5.74, 6) is -0.660. The molecule has 0 N–H and O–H groups in total. The van der Waals surface area contributed by atoms with Gasteiger partial charge >= 0.3 is 17.7 Å². The molecule has 29 heavy (non-hydrogen) atoms. The van der Waals surface area contributed by atoms with Gasteiger partial charge < -0.3 is 0 Å². The minimum absolute atomic E-state index is 0.0582. The molecule has 0 aliphatic heterocycles.